The Labute approximate surface area is 150 Å². The second-order valence-electron chi connectivity index (χ2n) is 4.88. The minimum atomic E-state index is -0.527. The van der Waals surface area contributed by atoms with Gasteiger partial charge in [0.15, 0.2) is 5.82 Å². The highest BCUT2D eigenvalue weighted by Crippen LogP contribution is 2.21. The van der Waals surface area contributed by atoms with Crippen LogP contribution in [0.4, 0.5) is 10.1 Å². The molecule has 0 atom stereocenters. The number of non-ortho nitro benzene ring substituents is 1. The van der Waals surface area contributed by atoms with Crippen molar-refractivity contribution in [1.29, 1.82) is 0 Å². The van der Waals surface area contributed by atoms with Crippen LogP contribution in [-0.2, 0) is 0 Å². The van der Waals surface area contributed by atoms with Crippen LogP contribution in [0.3, 0.4) is 0 Å². The molecule has 2 aromatic carbocycles. The topological polar surface area (TPSA) is 89.1 Å². The van der Waals surface area contributed by atoms with Gasteiger partial charge in [0, 0.05) is 28.3 Å². The van der Waals surface area contributed by atoms with Gasteiger partial charge in [-0.2, -0.15) is 14.9 Å². The molecule has 10 heteroatoms. The fourth-order valence-electron chi connectivity index (χ4n) is 2.05. The Bertz CT molecular complexity index is 1030. The van der Waals surface area contributed by atoms with Crippen LogP contribution < -0.4 is 0 Å². The maximum Gasteiger partial charge on any atom is 0.270 e. The van der Waals surface area contributed by atoms with Crippen molar-refractivity contribution in [3.63, 3.8) is 0 Å². The molecule has 1 aromatic heterocycles. The number of aromatic nitrogens is 3. The number of nitro benzene ring substituents is 1. The molecule has 0 fully saturated rings. The van der Waals surface area contributed by atoms with Gasteiger partial charge in [0.1, 0.15) is 5.82 Å². The summed E-state index contributed by atoms with van der Waals surface area (Å²) < 4.78 is 14.6. The summed E-state index contributed by atoms with van der Waals surface area (Å²) in [7, 11) is 0. The van der Waals surface area contributed by atoms with Gasteiger partial charge in [0.25, 0.3) is 5.69 Å². The van der Waals surface area contributed by atoms with Crippen molar-refractivity contribution < 1.29 is 9.31 Å². The molecule has 3 aromatic rings. The quantitative estimate of drug-likeness (QED) is 0.319. The molecule has 0 amide bonds. The lowest BCUT2D eigenvalue weighted by atomic mass is 10.2. The molecule has 126 valence electrons. The highest BCUT2D eigenvalue weighted by Gasteiger charge is 2.10. The van der Waals surface area contributed by atoms with Gasteiger partial charge < -0.3 is 0 Å². The van der Waals surface area contributed by atoms with Gasteiger partial charge in [-0.1, -0.05) is 11.6 Å². The Balaban J connectivity index is 2.02. The van der Waals surface area contributed by atoms with Gasteiger partial charge in [0.2, 0.25) is 4.77 Å². The SMILES string of the molecule is O=[N+]([O-])c1ccc(Cl)c(C=Nn2c(-c3ccc(F)cc3)n[nH]c2=S)c1. The smallest absolute Gasteiger partial charge is 0.258 e. The third-order valence-electron chi connectivity index (χ3n) is 3.26. The van der Waals surface area contributed by atoms with E-state index in [0.717, 1.165) is 0 Å². The molecule has 1 heterocycles. The normalized spacial score (nSPS) is 11.1. The van der Waals surface area contributed by atoms with E-state index in [1.807, 2.05) is 0 Å². The van der Waals surface area contributed by atoms with Crippen molar-refractivity contribution in [2.24, 2.45) is 5.10 Å². The predicted octanol–water partition coefficient (Wildman–Crippen LogP) is 4.19. The zero-order valence-corrected chi connectivity index (χ0v) is 14.0. The molecule has 0 aliphatic carbocycles. The summed E-state index contributed by atoms with van der Waals surface area (Å²) in [5, 5.41) is 22.0. The molecule has 0 radical (unpaired) electrons. The van der Waals surface area contributed by atoms with Crippen molar-refractivity contribution in [3.8, 4) is 11.4 Å². The van der Waals surface area contributed by atoms with E-state index in [0.29, 0.717) is 22.0 Å². The number of hydrogen-bond donors (Lipinski definition) is 1. The highest BCUT2D eigenvalue weighted by atomic mass is 35.5. The van der Waals surface area contributed by atoms with Crippen LogP contribution in [0.2, 0.25) is 5.02 Å². The first-order valence-corrected chi connectivity index (χ1v) is 7.66. The molecule has 7 nitrogen and oxygen atoms in total. The number of H-pyrrole nitrogens is 1. The first-order valence-electron chi connectivity index (χ1n) is 6.87. The van der Waals surface area contributed by atoms with Crippen LogP contribution in [0, 0.1) is 20.7 Å². The minimum absolute atomic E-state index is 0.111. The highest BCUT2D eigenvalue weighted by molar-refractivity contribution is 7.71. The lowest BCUT2D eigenvalue weighted by Crippen LogP contribution is -1.96. The van der Waals surface area contributed by atoms with Crippen molar-refractivity contribution in [2.75, 3.05) is 0 Å². The second kappa shape index (κ2) is 6.91. The average Bonchev–Trinajstić information content (AvgIpc) is 2.95. The summed E-state index contributed by atoms with van der Waals surface area (Å²) in [4.78, 5) is 10.3. The summed E-state index contributed by atoms with van der Waals surface area (Å²) in [6.07, 6.45) is 1.34. The molecule has 25 heavy (non-hydrogen) atoms. The van der Waals surface area contributed by atoms with Crippen molar-refractivity contribution in [1.82, 2.24) is 14.9 Å². The molecule has 1 N–H and O–H groups in total. The van der Waals surface area contributed by atoms with Crippen LogP contribution in [-0.4, -0.2) is 26.0 Å². The number of benzene rings is 2. The fraction of sp³-hybridized carbons (Fsp3) is 0. The van der Waals surface area contributed by atoms with Crippen molar-refractivity contribution in [3.05, 3.63) is 73.8 Å². The van der Waals surface area contributed by atoms with E-state index in [1.54, 1.807) is 0 Å². The van der Waals surface area contributed by atoms with Gasteiger partial charge >= 0.3 is 0 Å². The van der Waals surface area contributed by atoms with Gasteiger partial charge in [-0.3, -0.25) is 10.1 Å². The average molecular weight is 378 g/mol. The standard InChI is InChI=1S/C15H9ClFN5O2S/c16-13-6-5-12(22(23)24)7-10(13)8-18-21-14(19-20-15(21)25)9-1-3-11(17)4-2-9/h1-8H,(H,20,25). The van der Waals surface area contributed by atoms with E-state index in [4.69, 9.17) is 23.8 Å². The van der Waals surface area contributed by atoms with E-state index in [9.17, 15) is 14.5 Å². The molecule has 0 bridgehead atoms. The molecule has 3 rings (SSSR count). The number of nitrogens with zero attached hydrogens (tertiary/aromatic N) is 4. The van der Waals surface area contributed by atoms with Crippen LogP contribution >= 0.6 is 23.8 Å². The summed E-state index contributed by atoms with van der Waals surface area (Å²) in [6.45, 7) is 0. The molecule has 0 saturated heterocycles. The molecule has 0 spiro atoms. The number of rotatable bonds is 4. The zero-order chi connectivity index (χ0) is 18.0. The number of nitrogens with one attached hydrogen (secondary N) is 1. The number of hydrogen-bond acceptors (Lipinski definition) is 5. The summed E-state index contributed by atoms with van der Waals surface area (Å²) in [5.74, 6) is -0.0147. The predicted molar refractivity (Wildman–Crippen MR) is 93.9 cm³/mol. The summed E-state index contributed by atoms with van der Waals surface area (Å²) >= 11 is 11.2. The first-order chi connectivity index (χ1) is 12.0. The van der Waals surface area contributed by atoms with Gasteiger partial charge in [0.05, 0.1) is 11.1 Å². The maximum absolute atomic E-state index is 13.1. The first kappa shape index (κ1) is 16.9. The second-order valence-corrected chi connectivity index (χ2v) is 5.67. The van der Waals surface area contributed by atoms with Gasteiger partial charge in [-0.05, 0) is 42.5 Å². The monoisotopic (exact) mass is 377 g/mol. The Morgan fingerprint density at radius 2 is 2.04 bits per heavy atom. The van der Waals surface area contributed by atoms with Crippen molar-refractivity contribution in [2.45, 2.75) is 0 Å². The molecular formula is C15H9ClFN5O2S. The lowest BCUT2D eigenvalue weighted by Gasteiger charge is -2.02. The summed E-state index contributed by atoms with van der Waals surface area (Å²) in [6, 6.07) is 9.66. The van der Waals surface area contributed by atoms with Crippen LogP contribution in [0.5, 0.6) is 0 Å². The van der Waals surface area contributed by atoms with E-state index in [2.05, 4.69) is 15.3 Å². The third kappa shape index (κ3) is 3.62. The molecule has 0 saturated carbocycles. The molecule has 0 unspecified atom stereocenters. The van der Waals surface area contributed by atoms with Gasteiger partial charge in [-0.15, -0.1) is 0 Å². The minimum Gasteiger partial charge on any atom is -0.258 e. The third-order valence-corrected chi connectivity index (χ3v) is 3.86. The zero-order valence-electron chi connectivity index (χ0n) is 12.4. The van der Waals surface area contributed by atoms with E-state index < -0.39 is 4.92 Å². The van der Waals surface area contributed by atoms with E-state index in [1.165, 1.54) is 53.4 Å². The number of nitro groups is 1. The maximum atomic E-state index is 13.1. The van der Waals surface area contributed by atoms with Crippen molar-refractivity contribution >= 4 is 35.7 Å². The van der Waals surface area contributed by atoms with Crippen LogP contribution in [0.1, 0.15) is 5.56 Å². The van der Waals surface area contributed by atoms with Crippen LogP contribution in [0.25, 0.3) is 11.4 Å². The number of aromatic amines is 1. The Morgan fingerprint density at radius 1 is 1.32 bits per heavy atom. The van der Waals surface area contributed by atoms with E-state index >= 15 is 0 Å². The molecule has 0 aliphatic heterocycles. The largest absolute Gasteiger partial charge is 0.270 e. The molecular weight excluding hydrogens is 369 g/mol. The Kier molecular flexibility index (Phi) is 4.68. The van der Waals surface area contributed by atoms with Crippen LogP contribution in [0.15, 0.2) is 47.6 Å². The molecule has 0 aliphatic rings. The Hall–Kier alpha value is -2.91. The summed E-state index contributed by atoms with van der Waals surface area (Å²) in [5.41, 5.74) is 0.834. The lowest BCUT2D eigenvalue weighted by molar-refractivity contribution is -0.384. The van der Waals surface area contributed by atoms with E-state index in [-0.39, 0.29) is 16.3 Å². The number of halogens is 2. The fourth-order valence-corrected chi connectivity index (χ4v) is 2.39. The Morgan fingerprint density at radius 3 is 2.72 bits per heavy atom. The van der Waals surface area contributed by atoms with Gasteiger partial charge in [-0.25, -0.2) is 9.49 Å².